The van der Waals surface area contributed by atoms with Crippen molar-refractivity contribution in [1.29, 1.82) is 0 Å². The molecule has 5 heterocycles. The standard InChI is InChI=1S/C27H33N13O8S3.Na/c1-38-26(35-36-37-38)51-9-11-8-49-22-27(48-2,21(46)40(22)16(11)20(44)45)34-19(43)17(14-10-50-23(28)32-14)39(24(29)47)15-7-30-25(33-18(15)42)31-12-3-5-13(41)6-4-12;/h7,10,12-13,17,22,41H,3-6,8-9H2,1-2H3,(H2,28,32)(H2,29,47)(H,34,43)(H,44,45)(H2,30,31,33,42);/q;+1/p-1/t12?,13?,17?,22-,27-;/m0./s1. The maximum atomic E-state index is 14.2. The van der Waals surface area contributed by atoms with Gasteiger partial charge in [0.1, 0.15) is 11.1 Å². The van der Waals surface area contributed by atoms with Crippen LogP contribution in [0.25, 0.3) is 0 Å². The van der Waals surface area contributed by atoms with Crippen molar-refractivity contribution < 1.29 is 63.7 Å². The number of β-lactam (4-membered cyclic amide) rings is 1. The van der Waals surface area contributed by atoms with E-state index >= 15 is 0 Å². The molecule has 1 saturated heterocycles. The number of thioether (sulfide) groups is 2. The number of carbonyl (C=O) groups is 4. The van der Waals surface area contributed by atoms with Crippen LogP contribution in [0.5, 0.6) is 0 Å². The van der Waals surface area contributed by atoms with E-state index in [1.807, 2.05) is 0 Å². The zero-order valence-corrected chi connectivity index (χ0v) is 32.4. The number of hydrogen-bond donors (Lipinski definition) is 6. The fourth-order valence-corrected chi connectivity index (χ4v) is 9.04. The Hall–Kier alpha value is -3.78. The SMILES string of the molecule is CO[C@@]1(NC(=O)C(c2csc(N)n2)N(C(N)=O)c2cnc(NC3CCC(O)CC3)[nH]c2=O)C(=O)N2C(C(=O)[O-])=C(CSc3nnnn3C)CS[C@H]21.[Na+]. The third kappa shape index (κ3) is 7.50. The van der Waals surface area contributed by atoms with Gasteiger partial charge >= 0.3 is 35.6 Å². The smallest absolute Gasteiger partial charge is 0.543 e. The van der Waals surface area contributed by atoms with Gasteiger partial charge in [-0.3, -0.25) is 29.2 Å². The van der Waals surface area contributed by atoms with Crippen LogP contribution in [0, 0.1) is 0 Å². The van der Waals surface area contributed by atoms with Crippen molar-refractivity contribution in [3.8, 4) is 0 Å². The van der Waals surface area contributed by atoms with Crippen LogP contribution in [0.3, 0.4) is 0 Å². The van der Waals surface area contributed by atoms with Crippen molar-refractivity contribution >= 4 is 75.4 Å². The van der Waals surface area contributed by atoms with Crippen molar-refractivity contribution in [1.82, 2.24) is 45.4 Å². The number of thiazole rings is 1. The van der Waals surface area contributed by atoms with E-state index in [0.717, 1.165) is 53.1 Å². The molecule has 21 nitrogen and oxygen atoms in total. The number of carboxylic acid groups (broad SMARTS) is 1. The van der Waals surface area contributed by atoms with Gasteiger partial charge in [-0.25, -0.2) is 19.4 Å². The molecule has 8 N–H and O–H groups in total. The van der Waals surface area contributed by atoms with Gasteiger partial charge < -0.3 is 41.8 Å². The summed E-state index contributed by atoms with van der Waals surface area (Å²) in [5.74, 6) is -3.26. The Morgan fingerprint density at radius 3 is 2.60 bits per heavy atom. The summed E-state index contributed by atoms with van der Waals surface area (Å²) in [6, 6.07) is -3.06. The molecule has 3 aromatic heterocycles. The van der Waals surface area contributed by atoms with Crippen LogP contribution in [0.4, 0.5) is 21.6 Å². The molecule has 3 atom stereocenters. The summed E-state index contributed by atoms with van der Waals surface area (Å²) in [5, 5.41) is 39.7. The number of ether oxygens (including phenoxy) is 1. The third-order valence-electron chi connectivity index (χ3n) is 8.53. The first kappa shape index (κ1) is 39.4. The fourth-order valence-electron chi connectivity index (χ4n) is 6.03. The molecular formula is C27H32N13NaO8S3. The summed E-state index contributed by atoms with van der Waals surface area (Å²) < 4.78 is 6.99. The van der Waals surface area contributed by atoms with Gasteiger partial charge in [0.15, 0.2) is 11.2 Å². The van der Waals surface area contributed by atoms with Crippen molar-refractivity contribution in [3.63, 3.8) is 0 Å². The Balaban J connectivity index is 0.00000523. The zero-order valence-electron chi connectivity index (χ0n) is 28.0. The number of nitrogen functional groups attached to an aromatic ring is 1. The minimum Gasteiger partial charge on any atom is -0.543 e. The quantitative estimate of drug-likeness (QED) is 0.0433. The van der Waals surface area contributed by atoms with Crippen LogP contribution in [-0.4, -0.2) is 111 Å². The minimum atomic E-state index is -2.11. The molecule has 25 heteroatoms. The number of primary amides is 1. The van der Waals surface area contributed by atoms with Gasteiger partial charge in [-0.1, -0.05) is 11.8 Å². The first-order valence-corrected chi connectivity index (χ1v) is 18.2. The number of anilines is 3. The van der Waals surface area contributed by atoms with Crippen molar-refractivity contribution in [3.05, 3.63) is 38.9 Å². The number of rotatable bonds is 12. The van der Waals surface area contributed by atoms with Crippen LogP contribution >= 0.6 is 34.9 Å². The Labute approximate surface area is 329 Å². The second kappa shape index (κ2) is 16.1. The Bertz CT molecular complexity index is 1950. The van der Waals surface area contributed by atoms with Crippen molar-refractivity contribution in [2.45, 2.75) is 60.1 Å². The number of H-pyrrole nitrogens is 1. The molecule has 3 aliphatic rings. The molecule has 272 valence electrons. The molecular weight excluding hydrogens is 754 g/mol. The van der Waals surface area contributed by atoms with Crippen molar-refractivity contribution in [2.75, 3.05) is 34.6 Å². The number of methoxy groups -OCH3 is 1. The Morgan fingerprint density at radius 1 is 1.29 bits per heavy atom. The number of aliphatic hydroxyl groups is 1. The number of aryl methyl sites for hydroxylation is 1. The number of fused-ring (bicyclic) bond motifs is 1. The van der Waals surface area contributed by atoms with Gasteiger partial charge in [0.2, 0.25) is 11.1 Å². The molecule has 2 fully saturated rings. The number of urea groups is 1. The molecule has 1 saturated carbocycles. The zero-order chi connectivity index (χ0) is 36.6. The van der Waals surface area contributed by atoms with E-state index in [1.165, 1.54) is 10.1 Å². The molecule has 1 unspecified atom stereocenters. The number of aliphatic hydroxyl groups excluding tert-OH is 1. The number of aromatic nitrogens is 7. The van der Waals surface area contributed by atoms with E-state index in [9.17, 15) is 34.2 Å². The molecule has 2 aliphatic heterocycles. The maximum absolute atomic E-state index is 14.2. The number of tetrazole rings is 1. The Kier molecular flexibility index (Phi) is 12.2. The molecule has 4 amide bonds. The number of nitrogens with one attached hydrogen (secondary N) is 3. The summed E-state index contributed by atoms with van der Waals surface area (Å²) >= 11 is 3.22. The summed E-state index contributed by atoms with van der Waals surface area (Å²) in [6.07, 6.45) is 3.12. The van der Waals surface area contributed by atoms with Gasteiger partial charge in [-0.15, -0.1) is 28.2 Å². The minimum absolute atomic E-state index is 0. The molecule has 0 aromatic carbocycles. The number of amides is 4. The molecule has 52 heavy (non-hydrogen) atoms. The monoisotopic (exact) mass is 785 g/mol. The number of aliphatic carboxylic acids is 1. The first-order valence-electron chi connectivity index (χ1n) is 15.3. The molecule has 6 rings (SSSR count). The van der Waals surface area contributed by atoms with Gasteiger partial charge in [-0.05, 0) is 41.7 Å². The van der Waals surface area contributed by atoms with Gasteiger partial charge in [-0.2, -0.15) is 0 Å². The van der Waals surface area contributed by atoms with Gasteiger partial charge in [0.25, 0.3) is 23.1 Å². The summed E-state index contributed by atoms with van der Waals surface area (Å²) in [6.45, 7) is 0. The topological polar surface area (TPSA) is 306 Å². The van der Waals surface area contributed by atoms with E-state index in [0.29, 0.717) is 41.3 Å². The predicted molar refractivity (Wildman–Crippen MR) is 181 cm³/mol. The first-order chi connectivity index (χ1) is 24.3. The Morgan fingerprint density at radius 2 is 2.02 bits per heavy atom. The average molecular weight is 786 g/mol. The van der Waals surface area contributed by atoms with Crippen molar-refractivity contribution in [2.24, 2.45) is 12.8 Å². The number of nitrogens with zero attached hydrogens (tertiary/aromatic N) is 8. The van der Waals surface area contributed by atoms with Crippen LogP contribution in [0.1, 0.15) is 37.4 Å². The van der Waals surface area contributed by atoms with Crippen LogP contribution in [0.15, 0.2) is 32.8 Å². The van der Waals surface area contributed by atoms with E-state index in [2.05, 4.69) is 41.1 Å². The predicted octanol–water partition coefficient (Wildman–Crippen LogP) is -5.15. The van der Waals surface area contributed by atoms with E-state index < -0.39 is 52.2 Å². The average Bonchev–Trinajstić information content (AvgIpc) is 3.72. The van der Waals surface area contributed by atoms with Crippen LogP contribution in [0.2, 0.25) is 0 Å². The second-order valence-corrected chi connectivity index (χ2v) is 14.6. The molecule has 0 bridgehead atoms. The maximum Gasteiger partial charge on any atom is 1.00 e. The van der Waals surface area contributed by atoms with Crippen LogP contribution < -0.4 is 67.2 Å². The molecule has 3 aromatic rings. The summed E-state index contributed by atoms with van der Waals surface area (Å²) in [5.41, 5.74) is 8.16. The number of carbonyl (C=O) groups excluding carboxylic acids is 4. The molecule has 0 spiro atoms. The van der Waals surface area contributed by atoms with E-state index in [1.54, 1.807) is 7.05 Å². The van der Waals surface area contributed by atoms with Gasteiger partial charge in [0, 0.05) is 37.1 Å². The third-order valence-corrected chi connectivity index (χ3v) is 11.7. The fraction of sp³-hybridized carbons (Fsp3) is 0.481. The normalized spacial score (nSPS) is 23.2. The molecule has 1 aliphatic carbocycles. The van der Waals surface area contributed by atoms with E-state index in [-0.39, 0.29) is 75.7 Å². The number of carboxylic acids is 1. The van der Waals surface area contributed by atoms with Gasteiger partial charge in [0.05, 0.1) is 29.7 Å². The number of hydrogen-bond acceptors (Lipinski definition) is 18. The van der Waals surface area contributed by atoms with Crippen LogP contribution in [-0.2, 0) is 26.2 Å². The largest absolute Gasteiger partial charge is 1.00 e. The number of aromatic amines is 1. The number of nitrogens with two attached hydrogens (primary N) is 2. The second-order valence-electron chi connectivity index (χ2n) is 11.7. The summed E-state index contributed by atoms with van der Waals surface area (Å²) in [4.78, 5) is 79.4. The summed E-state index contributed by atoms with van der Waals surface area (Å²) in [7, 11) is 2.77. The van der Waals surface area contributed by atoms with E-state index in [4.69, 9.17) is 16.2 Å². The molecule has 0 radical (unpaired) electrons.